The lowest BCUT2D eigenvalue weighted by molar-refractivity contribution is 1.14. The van der Waals surface area contributed by atoms with Crippen molar-refractivity contribution in [1.29, 1.82) is 0 Å². The van der Waals surface area contributed by atoms with Crippen LogP contribution in [0.5, 0.6) is 0 Å². The summed E-state index contributed by atoms with van der Waals surface area (Å²) in [5.74, 6) is 1.09. The lowest BCUT2D eigenvalue weighted by Crippen LogP contribution is -2.12. The molecule has 0 saturated heterocycles. The number of aliphatic imine (C=N–C) groups is 3. The average molecular weight is 235 g/mol. The van der Waals surface area contributed by atoms with Gasteiger partial charge in [0.1, 0.15) is 5.84 Å². The fourth-order valence-electron chi connectivity index (χ4n) is 1.04. The number of amidine groups is 2. The minimum atomic E-state index is 0.277. The minimum absolute atomic E-state index is 0.277. The van der Waals surface area contributed by atoms with Crippen molar-refractivity contribution in [1.82, 2.24) is 0 Å². The van der Waals surface area contributed by atoms with Crippen molar-refractivity contribution in [2.45, 2.75) is 27.2 Å². The molecule has 94 valence electrons. The first-order valence-electron chi connectivity index (χ1n) is 5.51. The molecule has 0 atom stereocenters. The Hall–Kier alpha value is -1.75. The van der Waals surface area contributed by atoms with Crippen LogP contribution in [0, 0.1) is 0 Å². The normalized spacial score (nSPS) is 15.1. The van der Waals surface area contributed by atoms with Gasteiger partial charge in [0.2, 0.25) is 0 Å². The molecule has 0 aromatic rings. The van der Waals surface area contributed by atoms with Gasteiger partial charge in [-0.2, -0.15) is 0 Å². The van der Waals surface area contributed by atoms with Crippen molar-refractivity contribution in [2.24, 2.45) is 26.4 Å². The third-order valence-electron chi connectivity index (χ3n) is 1.95. The van der Waals surface area contributed by atoms with E-state index in [4.69, 9.17) is 11.5 Å². The summed E-state index contributed by atoms with van der Waals surface area (Å²) in [4.78, 5) is 12.6. The lowest BCUT2D eigenvalue weighted by atomic mass is 10.3. The van der Waals surface area contributed by atoms with E-state index in [1.807, 2.05) is 20.8 Å². The van der Waals surface area contributed by atoms with Gasteiger partial charge in [0.25, 0.3) is 0 Å². The van der Waals surface area contributed by atoms with Gasteiger partial charge in [-0.1, -0.05) is 13.5 Å². The molecule has 0 rings (SSSR count). The monoisotopic (exact) mass is 235 g/mol. The van der Waals surface area contributed by atoms with Crippen LogP contribution in [0.1, 0.15) is 27.2 Å². The molecule has 0 bridgehead atoms. The molecule has 0 amide bonds. The van der Waals surface area contributed by atoms with E-state index in [9.17, 15) is 0 Å². The van der Waals surface area contributed by atoms with Crippen LogP contribution in [0.3, 0.4) is 0 Å². The number of nitrogens with two attached hydrogens (primary N) is 2. The minimum Gasteiger partial charge on any atom is -0.387 e. The summed E-state index contributed by atoms with van der Waals surface area (Å²) in [6.07, 6.45) is 3.95. The molecule has 5 heteroatoms. The highest BCUT2D eigenvalue weighted by atomic mass is 15.0. The van der Waals surface area contributed by atoms with E-state index in [0.29, 0.717) is 29.5 Å². The highest BCUT2D eigenvalue weighted by Crippen LogP contribution is 2.09. The van der Waals surface area contributed by atoms with Crippen LogP contribution in [0.25, 0.3) is 0 Å². The van der Waals surface area contributed by atoms with E-state index in [1.165, 1.54) is 0 Å². The molecular formula is C12H21N5. The van der Waals surface area contributed by atoms with Crippen LogP contribution < -0.4 is 11.5 Å². The number of hydrogen-bond donors (Lipinski definition) is 2. The second kappa shape index (κ2) is 8.41. The fourth-order valence-corrected chi connectivity index (χ4v) is 1.04. The summed E-state index contributed by atoms with van der Waals surface area (Å²) >= 11 is 0. The highest BCUT2D eigenvalue weighted by molar-refractivity contribution is 5.91. The zero-order valence-electron chi connectivity index (χ0n) is 10.8. The van der Waals surface area contributed by atoms with E-state index >= 15 is 0 Å². The Bertz CT molecular complexity index is 374. The molecule has 0 heterocycles. The van der Waals surface area contributed by atoms with Gasteiger partial charge in [0.05, 0.1) is 23.8 Å². The fraction of sp³-hybridized carbons (Fsp3) is 0.417. The predicted molar refractivity (Wildman–Crippen MR) is 75.5 cm³/mol. The van der Waals surface area contributed by atoms with Crippen molar-refractivity contribution in [3.8, 4) is 0 Å². The number of allylic oxidation sites excluding steroid dienone is 2. The lowest BCUT2D eigenvalue weighted by Gasteiger charge is -2.02. The Kier molecular flexibility index (Phi) is 7.54. The van der Waals surface area contributed by atoms with Gasteiger partial charge in [-0.05, 0) is 19.9 Å². The third kappa shape index (κ3) is 5.77. The predicted octanol–water partition coefficient (Wildman–Crippen LogP) is 1.62. The van der Waals surface area contributed by atoms with Crippen molar-refractivity contribution in [3.05, 3.63) is 24.0 Å². The average Bonchev–Trinajstić information content (AvgIpc) is 2.34. The summed E-state index contributed by atoms with van der Waals surface area (Å²) in [5.41, 5.74) is 12.5. The second-order valence-electron chi connectivity index (χ2n) is 3.25. The van der Waals surface area contributed by atoms with Gasteiger partial charge in [-0.3, -0.25) is 0 Å². The first kappa shape index (κ1) is 15.2. The second-order valence-corrected chi connectivity index (χ2v) is 3.25. The molecule has 0 aromatic heterocycles. The van der Waals surface area contributed by atoms with Crippen LogP contribution in [-0.4, -0.2) is 24.4 Å². The van der Waals surface area contributed by atoms with Crippen LogP contribution in [0.15, 0.2) is 39.0 Å². The maximum Gasteiger partial charge on any atom is 0.141 e. The molecule has 17 heavy (non-hydrogen) atoms. The quantitative estimate of drug-likeness (QED) is 0.431. The van der Waals surface area contributed by atoms with E-state index < -0.39 is 0 Å². The molecule has 4 N–H and O–H groups in total. The molecule has 0 aliphatic carbocycles. The Balaban J connectivity index is 5.30. The number of nitrogens with zero attached hydrogens (tertiary/aromatic N) is 3. The van der Waals surface area contributed by atoms with Crippen LogP contribution >= 0.6 is 0 Å². The van der Waals surface area contributed by atoms with E-state index in [0.717, 1.165) is 0 Å². The van der Waals surface area contributed by atoms with Crippen molar-refractivity contribution >= 4 is 17.9 Å². The molecule has 0 fully saturated rings. The molecule has 0 aliphatic rings. The maximum atomic E-state index is 5.67. The number of hydrogen-bond acceptors (Lipinski definition) is 3. The largest absolute Gasteiger partial charge is 0.387 e. The van der Waals surface area contributed by atoms with Crippen molar-refractivity contribution in [2.75, 3.05) is 6.54 Å². The molecule has 0 aliphatic heterocycles. The summed E-state index contributed by atoms with van der Waals surface area (Å²) in [6.45, 7) is 9.54. The molecule has 0 radical (unpaired) electrons. The topological polar surface area (TPSA) is 89.1 Å². The van der Waals surface area contributed by atoms with Crippen LogP contribution in [0.2, 0.25) is 0 Å². The van der Waals surface area contributed by atoms with Crippen molar-refractivity contribution < 1.29 is 0 Å². The molecule has 0 spiro atoms. The van der Waals surface area contributed by atoms with E-state index in [-0.39, 0.29) is 6.54 Å². The summed E-state index contributed by atoms with van der Waals surface area (Å²) in [5, 5.41) is 0. The zero-order chi connectivity index (χ0) is 13.3. The highest BCUT2D eigenvalue weighted by Gasteiger charge is 1.99. The third-order valence-corrected chi connectivity index (χ3v) is 1.95. The standard InChI is InChI=1S/C12H21N5/c1-5-10(17-11(14)6-2)9(4)16-12(8-13)15-7-3/h5,7H,1,6,8,13H2,2-4H3,(H2,14,17)/b10-9+,15-7-,16-12-. The summed E-state index contributed by atoms with van der Waals surface area (Å²) in [7, 11) is 0. The van der Waals surface area contributed by atoms with Gasteiger partial charge < -0.3 is 11.5 Å². The van der Waals surface area contributed by atoms with Crippen LogP contribution in [-0.2, 0) is 0 Å². The Morgan fingerprint density at radius 1 is 1.35 bits per heavy atom. The van der Waals surface area contributed by atoms with Gasteiger partial charge in [0, 0.05) is 12.6 Å². The smallest absolute Gasteiger partial charge is 0.141 e. The summed E-state index contributed by atoms with van der Waals surface area (Å²) < 4.78 is 0. The Morgan fingerprint density at radius 3 is 2.41 bits per heavy atom. The van der Waals surface area contributed by atoms with Gasteiger partial charge in [-0.15, -0.1) is 0 Å². The molecule has 5 nitrogen and oxygen atoms in total. The maximum absolute atomic E-state index is 5.67. The molecule has 0 unspecified atom stereocenters. The summed E-state index contributed by atoms with van der Waals surface area (Å²) in [6, 6.07) is 0. The molecule has 0 aromatic carbocycles. The van der Waals surface area contributed by atoms with Gasteiger partial charge >= 0.3 is 0 Å². The zero-order valence-corrected chi connectivity index (χ0v) is 10.8. The van der Waals surface area contributed by atoms with Gasteiger partial charge in [-0.25, -0.2) is 15.0 Å². The molecular weight excluding hydrogens is 214 g/mol. The Labute approximate surface area is 103 Å². The first-order valence-corrected chi connectivity index (χ1v) is 5.51. The van der Waals surface area contributed by atoms with Crippen molar-refractivity contribution in [3.63, 3.8) is 0 Å². The van der Waals surface area contributed by atoms with Gasteiger partial charge in [0.15, 0.2) is 0 Å². The first-order chi connectivity index (χ1) is 8.08. The van der Waals surface area contributed by atoms with Crippen LogP contribution in [0.4, 0.5) is 0 Å². The number of rotatable bonds is 5. The van der Waals surface area contributed by atoms with E-state index in [2.05, 4.69) is 21.6 Å². The molecule has 0 saturated carbocycles. The SMILES string of the molecule is C=CC(/N=C(/N)CC)=C(C)\N=C(CN)/N=C\C. The van der Waals surface area contributed by atoms with E-state index in [1.54, 1.807) is 12.3 Å². The Morgan fingerprint density at radius 2 is 2.00 bits per heavy atom.